The Morgan fingerprint density at radius 1 is 1.43 bits per heavy atom. The van der Waals surface area contributed by atoms with Crippen LogP contribution in [0.25, 0.3) is 0 Å². The molecule has 2 nitrogen and oxygen atoms in total. The van der Waals surface area contributed by atoms with Crippen molar-refractivity contribution in [1.82, 2.24) is 10.2 Å². The second kappa shape index (κ2) is 4.86. The molecule has 1 N–H and O–H groups in total. The van der Waals surface area contributed by atoms with E-state index in [0.717, 1.165) is 17.3 Å². The van der Waals surface area contributed by atoms with Crippen LogP contribution in [0.15, 0.2) is 0 Å². The predicted molar refractivity (Wildman–Crippen MR) is 64.0 cm³/mol. The molecule has 2 heterocycles. The van der Waals surface area contributed by atoms with Crippen molar-refractivity contribution in [3.63, 3.8) is 0 Å². The third kappa shape index (κ3) is 2.10. The van der Waals surface area contributed by atoms with E-state index < -0.39 is 0 Å². The molecule has 3 heteroatoms. The summed E-state index contributed by atoms with van der Waals surface area (Å²) in [5.41, 5.74) is 0. The Balaban J connectivity index is 1.94. The van der Waals surface area contributed by atoms with Crippen molar-refractivity contribution >= 4 is 11.8 Å². The highest BCUT2D eigenvalue weighted by molar-refractivity contribution is 8.00. The zero-order chi connectivity index (χ0) is 9.97. The highest BCUT2D eigenvalue weighted by Crippen LogP contribution is 2.34. The summed E-state index contributed by atoms with van der Waals surface area (Å²) in [7, 11) is 2.07. The standard InChI is InChI=1S/C11H22N2S/c1-9-11(5-7-14-9)13-6-3-4-10(13)8-12-2/h9-12H,3-8H2,1-2H3. The summed E-state index contributed by atoms with van der Waals surface area (Å²) in [5.74, 6) is 1.37. The largest absolute Gasteiger partial charge is 0.318 e. The zero-order valence-electron chi connectivity index (χ0n) is 9.33. The minimum absolute atomic E-state index is 0.811. The summed E-state index contributed by atoms with van der Waals surface area (Å²) >= 11 is 2.15. The van der Waals surface area contributed by atoms with Crippen LogP contribution in [0.5, 0.6) is 0 Å². The van der Waals surface area contributed by atoms with Crippen molar-refractivity contribution in [2.24, 2.45) is 0 Å². The van der Waals surface area contributed by atoms with Crippen molar-refractivity contribution in [2.75, 3.05) is 25.9 Å². The molecule has 0 saturated carbocycles. The number of likely N-dealkylation sites (N-methyl/N-ethyl adjacent to an activating group) is 1. The molecule has 2 rings (SSSR count). The van der Waals surface area contributed by atoms with Crippen molar-refractivity contribution in [1.29, 1.82) is 0 Å². The molecule has 82 valence electrons. The minimum atomic E-state index is 0.811. The minimum Gasteiger partial charge on any atom is -0.318 e. The first kappa shape index (κ1) is 10.8. The van der Waals surface area contributed by atoms with Gasteiger partial charge in [-0.1, -0.05) is 6.92 Å². The van der Waals surface area contributed by atoms with Gasteiger partial charge in [-0.2, -0.15) is 11.8 Å². The summed E-state index contributed by atoms with van der Waals surface area (Å²) in [4.78, 5) is 2.77. The molecule has 0 bridgehead atoms. The fraction of sp³-hybridized carbons (Fsp3) is 1.00. The maximum atomic E-state index is 3.33. The normalized spacial score (nSPS) is 39.4. The smallest absolute Gasteiger partial charge is 0.0224 e. The molecule has 0 amide bonds. The maximum Gasteiger partial charge on any atom is 0.0224 e. The Kier molecular flexibility index (Phi) is 3.74. The third-order valence-electron chi connectivity index (χ3n) is 3.62. The Morgan fingerprint density at radius 3 is 2.93 bits per heavy atom. The van der Waals surface area contributed by atoms with Gasteiger partial charge in [0.1, 0.15) is 0 Å². The van der Waals surface area contributed by atoms with Gasteiger partial charge < -0.3 is 5.32 Å². The van der Waals surface area contributed by atoms with Crippen LogP contribution in [0.4, 0.5) is 0 Å². The Hall–Kier alpha value is 0.270. The average Bonchev–Trinajstić information content (AvgIpc) is 2.74. The third-order valence-corrected chi connectivity index (χ3v) is 4.94. The van der Waals surface area contributed by atoms with Gasteiger partial charge in [-0.05, 0) is 38.6 Å². The first-order valence-electron chi connectivity index (χ1n) is 5.85. The van der Waals surface area contributed by atoms with Crippen LogP contribution >= 0.6 is 11.8 Å². The molecular weight excluding hydrogens is 192 g/mol. The van der Waals surface area contributed by atoms with E-state index in [1.54, 1.807) is 0 Å². The number of hydrogen-bond donors (Lipinski definition) is 1. The van der Waals surface area contributed by atoms with E-state index in [4.69, 9.17) is 0 Å². The number of hydrogen-bond acceptors (Lipinski definition) is 3. The second-order valence-electron chi connectivity index (χ2n) is 4.52. The van der Waals surface area contributed by atoms with Crippen LogP contribution in [0.1, 0.15) is 26.2 Å². The van der Waals surface area contributed by atoms with E-state index >= 15 is 0 Å². The highest BCUT2D eigenvalue weighted by atomic mass is 32.2. The molecule has 0 spiro atoms. The summed E-state index contributed by atoms with van der Waals surface area (Å²) in [5, 5.41) is 4.18. The fourth-order valence-corrected chi connectivity index (χ4v) is 4.17. The lowest BCUT2D eigenvalue weighted by Gasteiger charge is -2.32. The Morgan fingerprint density at radius 2 is 2.29 bits per heavy atom. The molecule has 2 fully saturated rings. The van der Waals surface area contributed by atoms with Gasteiger partial charge >= 0.3 is 0 Å². The van der Waals surface area contributed by atoms with Crippen LogP contribution < -0.4 is 5.32 Å². The number of nitrogens with one attached hydrogen (secondary N) is 1. The summed E-state index contributed by atoms with van der Waals surface area (Å²) in [6, 6.07) is 1.67. The van der Waals surface area contributed by atoms with E-state index in [-0.39, 0.29) is 0 Å². The van der Waals surface area contributed by atoms with E-state index in [2.05, 4.69) is 35.9 Å². The SMILES string of the molecule is CNCC1CCCN1C1CCSC1C. The summed E-state index contributed by atoms with van der Waals surface area (Å²) < 4.78 is 0. The summed E-state index contributed by atoms with van der Waals surface area (Å²) in [6.45, 7) is 4.91. The van der Waals surface area contributed by atoms with E-state index in [0.29, 0.717) is 0 Å². The van der Waals surface area contributed by atoms with Gasteiger partial charge in [0.15, 0.2) is 0 Å². The molecule has 2 saturated heterocycles. The quantitative estimate of drug-likeness (QED) is 0.767. The molecule has 0 aliphatic carbocycles. The fourth-order valence-electron chi connectivity index (χ4n) is 2.91. The van der Waals surface area contributed by atoms with Gasteiger partial charge in [-0.3, -0.25) is 4.90 Å². The van der Waals surface area contributed by atoms with Gasteiger partial charge in [-0.15, -0.1) is 0 Å². The van der Waals surface area contributed by atoms with Gasteiger partial charge in [0, 0.05) is 23.9 Å². The lowest BCUT2D eigenvalue weighted by molar-refractivity contribution is 0.178. The molecule has 0 aromatic heterocycles. The lowest BCUT2D eigenvalue weighted by Crippen LogP contribution is -2.45. The van der Waals surface area contributed by atoms with E-state index in [1.165, 1.54) is 38.1 Å². The monoisotopic (exact) mass is 214 g/mol. The topological polar surface area (TPSA) is 15.3 Å². The van der Waals surface area contributed by atoms with Crippen molar-refractivity contribution < 1.29 is 0 Å². The van der Waals surface area contributed by atoms with Crippen LogP contribution in [0, 0.1) is 0 Å². The van der Waals surface area contributed by atoms with Gasteiger partial charge in [0.05, 0.1) is 0 Å². The van der Waals surface area contributed by atoms with Crippen LogP contribution in [-0.4, -0.2) is 48.1 Å². The number of likely N-dealkylation sites (tertiary alicyclic amines) is 1. The van der Waals surface area contributed by atoms with Gasteiger partial charge in [0.25, 0.3) is 0 Å². The lowest BCUT2D eigenvalue weighted by atomic mass is 10.1. The number of thioether (sulfide) groups is 1. The van der Waals surface area contributed by atoms with E-state index in [1.807, 2.05) is 0 Å². The number of rotatable bonds is 3. The molecule has 2 aliphatic heterocycles. The average molecular weight is 214 g/mol. The zero-order valence-corrected chi connectivity index (χ0v) is 10.1. The van der Waals surface area contributed by atoms with Gasteiger partial charge in [0.2, 0.25) is 0 Å². The van der Waals surface area contributed by atoms with Crippen LogP contribution in [-0.2, 0) is 0 Å². The van der Waals surface area contributed by atoms with Gasteiger partial charge in [-0.25, -0.2) is 0 Å². The Labute approximate surface area is 91.8 Å². The molecule has 0 radical (unpaired) electrons. The molecule has 14 heavy (non-hydrogen) atoms. The molecule has 2 aliphatic rings. The molecule has 0 aromatic rings. The van der Waals surface area contributed by atoms with Crippen LogP contribution in [0.2, 0.25) is 0 Å². The molecular formula is C11H22N2S. The van der Waals surface area contributed by atoms with Crippen molar-refractivity contribution in [3.05, 3.63) is 0 Å². The van der Waals surface area contributed by atoms with Crippen molar-refractivity contribution in [3.8, 4) is 0 Å². The first-order valence-corrected chi connectivity index (χ1v) is 6.89. The summed E-state index contributed by atoms with van der Waals surface area (Å²) in [6.07, 6.45) is 4.21. The maximum absolute atomic E-state index is 3.33. The second-order valence-corrected chi connectivity index (χ2v) is 6.01. The van der Waals surface area contributed by atoms with Crippen molar-refractivity contribution in [2.45, 2.75) is 43.5 Å². The Bertz CT molecular complexity index is 186. The first-order chi connectivity index (χ1) is 6.83. The molecule has 0 aromatic carbocycles. The number of nitrogens with zero attached hydrogens (tertiary/aromatic N) is 1. The predicted octanol–water partition coefficient (Wildman–Crippen LogP) is 1.56. The molecule has 3 atom stereocenters. The molecule has 3 unspecified atom stereocenters. The van der Waals surface area contributed by atoms with E-state index in [9.17, 15) is 0 Å². The van der Waals surface area contributed by atoms with Crippen LogP contribution in [0.3, 0.4) is 0 Å². The highest BCUT2D eigenvalue weighted by Gasteiger charge is 2.35.